The molecule has 2 heterocycles. The summed E-state index contributed by atoms with van der Waals surface area (Å²) in [7, 11) is 0. The van der Waals surface area contributed by atoms with Crippen molar-refractivity contribution in [2.24, 2.45) is 0 Å². The number of nitrogens with zero attached hydrogens (tertiary/aromatic N) is 4. The topological polar surface area (TPSA) is 86.8 Å². The van der Waals surface area contributed by atoms with Crippen molar-refractivity contribution in [2.75, 3.05) is 12.3 Å². The van der Waals surface area contributed by atoms with Gasteiger partial charge < -0.3 is 10.5 Å². The van der Waals surface area contributed by atoms with E-state index in [1.54, 1.807) is 6.20 Å². The fraction of sp³-hybridized carbons (Fsp3) is 0.273. The van der Waals surface area contributed by atoms with E-state index in [0.29, 0.717) is 12.4 Å². The Morgan fingerprint density at radius 1 is 1.29 bits per heavy atom. The van der Waals surface area contributed by atoms with Crippen molar-refractivity contribution in [3.8, 4) is 17.4 Å². The van der Waals surface area contributed by atoms with Crippen molar-refractivity contribution >= 4 is 5.95 Å². The molecule has 6 nitrogen and oxygen atoms in total. The molecule has 0 saturated carbocycles. The normalized spacial score (nSPS) is 10.2. The summed E-state index contributed by atoms with van der Waals surface area (Å²) in [5.41, 5.74) is 7.34. The fourth-order valence-electron chi connectivity index (χ4n) is 1.38. The summed E-state index contributed by atoms with van der Waals surface area (Å²) in [6, 6.07) is 3.94. The van der Waals surface area contributed by atoms with Crippen molar-refractivity contribution in [3.63, 3.8) is 0 Å². The highest BCUT2D eigenvalue weighted by Crippen LogP contribution is 2.17. The molecule has 0 spiro atoms. The summed E-state index contributed by atoms with van der Waals surface area (Å²) in [5.74, 6) is 0.638. The Morgan fingerprint density at radius 3 is 2.82 bits per heavy atom. The van der Waals surface area contributed by atoms with Gasteiger partial charge in [0.25, 0.3) is 0 Å². The minimum Gasteiger partial charge on any atom is -0.464 e. The van der Waals surface area contributed by atoms with Gasteiger partial charge in [-0.25, -0.2) is 0 Å². The van der Waals surface area contributed by atoms with Crippen molar-refractivity contribution in [3.05, 3.63) is 24.0 Å². The summed E-state index contributed by atoms with van der Waals surface area (Å²) in [6.45, 7) is 4.24. The Bertz CT molecular complexity index is 529. The van der Waals surface area contributed by atoms with Crippen LogP contribution in [0.5, 0.6) is 6.01 Å². The summed E-state index contributed by atoms with van der Waals surface area (Å²) >= 11 is 0. The molecule has 0 aliphatic carbocycles. The average molecular weight is 231 g/mol. The number of rotatable bonds is 3. The molecule has 0 aliphatic heterocycles. The minimum absolute atomic E-state index is 0.146. The van der Waals surface area contributed by atoms with E-state index >= 15 is 0 Å². The number of pyridine rings is 1. The van der Waals surface area contributed by atoms with Gasteiger partial charge in [-0.1, -0.05) is 0 Å². The molecule has 0 aromatic carbocycles. The Kier molecular flexibility index (Phi) is 3.13. The van der Waals surface area contributed by atoms with E-state index in [-0.39, 0.29) is 12.0 Å². The Labute approximate surface area is 98.9 Å². The van der Waals surface area contributed by atoms with Crippen LogP contribution in [0.25, 0.3) is 11.4 Å². The second-order valence-electron chi connectivity index (χ2n) is 3.42. The predicted octanol–water partition coefficient (Wildman–Crippen LogP) is 1.22. The first-order chi connectivity index (χ1) is 8.19. The maximum absolute atomic E-state index is 5.61. The second kappa shape index (κ2) is 4.73. The highest BCUT2D eigenvalue weighted by atomic mass is 16.5. The molecule has 88 valence electrons. The number of hydrogen-bond donors (Lipinski definition) is 1. The Balaban J connectivity index is 2.44. The standard InChI is InChI=1S/C11H13N5O/c1-3-17-11-15-9(14-10(12)16-11)8-4-5-13-7(2)6-8/h4-6H,3H2,1-2H3,(H2,12,14,15,16). The van der Waals surface area contributed by atoms with Crippen LogP contribution in [0.3, 0.4) is 0 Å². The number of ether oxygens (including phenoxy) is 1. The van der Waals surface area contributed by atoms with Crippen LogP contribution in [-0.2, 0) is 0 Å². The van der Waals surface area contributed by atoms with Crippen molar-refractivity contribution < 1.29 is 4.74 Å². The van der Waals surface area contributed by atoms with Crippen LogP contribution in [0.15, 0.2) is 18.3 Å². The molecule has 2 aromatic heterocycles. The molecule has 0 saturated heterocycles. The van der Waals surface area contributed by atoms with E-state index < -0.39 is 0 Å². The molecule has 2 N–H and O–H groups in total. The quantitative estimate of drug-likeness (QED) is 0.854. The van der Waals surface area contributed by atoms with Gasteiger partial charge in [-0.3, -0.25) is 4.98 Å². The van der Waals surface area contributed by atoms with Gasteiger partial charge in [0, 0.05) is 17.5 Å². The molecule has 0 atom stereocenters. The van der Waals surface area contributed by atoms with Gasteiger partial charge in [-0.2, -0.15) is 15.0 Å². The third-order valence-electron chi connectivity index (χ3n) is 2.06. The van der Waals surface area contributed by atoms with Crippen LogP contribution in [0.2, 0.25) is 0 Å². The highest BCUT2D eigenvalue weighted by Gasteiger charge is 2.07. The van der Waals surface area contributed by atoms with Crippen molar-refractivity contribution in [1.29, 1.82) is 0 Å². The zero-order chi connectivity index (χ0) is 12.3. The summed E-state index contributed by atoms with van der Waals surface area (Å²) in [5, 5.41) is 0. The Morgan fingerprint density at radius 2 is 2.12 bits per heavy atom. The number of aryl methyl sites for hydroxylation is 1. The van der Waals surface area contributed by atoms with E-state index in [0.717, 1.165) is 11.3 Å². The third-order valence-corrected chi connectivity index (χ3v) is 2.06. The summed E-state index contributed by atoms with van der Waals surface area (Å²) < 4.78 is 5.22. The molecular formula is C11H13N5O. The van der Waals surface area contributed by atoms with E-state index in [4.69, 9.17) is 10.5 Å². The molecule has 2 rings (SSSR count). The SMILES string of the molecule is CCOc1nc(N)nc(-c2ccnc(C)c2)n1. The summed E-state index contributed by atoms with van der Waals surface area (Å²) in [4.78, 5) is 16.3. The Hall–Kier alpha value is -2.24. The molecule has 0 aliphatic rings. The molecular weight excluding hydrogens is 218 g/mol. The molecule has 0 amide bonds. The first-order valence-electron chi connectivity index (χ1n) is 5.26. The van der Waals surface area contributed by atoms with Gasteiger partial charge in [-0.15, -0.1) is 0 Å². The molecule has 0 unspecified atom stereocenters. The maximum atomic E-state index is 5.61. The minimum atomic E-state index is 0.146. The number of anilines is 1. The molecule has 0 fully saturated rings. The molecule has 0 bridgehead atoms. The lowest BCUT2D eigenvalue weighted by Crippen LogP contribution is -2.04. The number of hydrogen-bond acceptors (Lipinski definition) is 6. The van der Waals surface area contributed by atoms with Gasteiger partial charge >= 0.3 is 6.01 Å². The number of nitrogen functional groups attached to an aromatic ring is 1. The molecule has 2 aromatic rings. The van der Waals surface area contributed by atoms with Gasteiger partial charge in [-0.05, 0) is 26.0 Å². The van der Waals surface area contributed by atoms with Crippen LogP contribution >= 0.6 is 0 Å². The van der Waals surface area contributed by atoms with Gasteiger partial charge in [0.2, 0.25) is 5.95 Å². The van der Waals surface area contributed by atoms with Crippen molar-refractivity contribution in [1.82, 2.24) is 19.9 Å². The van der Waals surface area contributed by atoms with E-state index in [1.165, 1.54) is 0 Å². The molecule has 17 heavy (non-hydrogen) atoms. The number of nitrogens with two attached hydrogens (primary N) is 1. The lowest BCUT2D eigenvalue weighted by Gasteiger charge is -2.05. The second-order valence-corrected chi connectivity index (χ2v) is 3.42. The largest absolute Gasteiger partial charge is 0.464 e. The first-order valence-corrected chi connectivity index (χ1v) is 5.26. The van der Waals surface area contributed by atoms with Crippen LogP contribution in [0.1, 0.15) is 12.6 Å². The van der Waals surface area contributed by atoms with Crippen LogP contribution < -0.4 is 10.5 Å². The van der Waals surface area contributed by atoms with E-state index in [2.05, 4.69) is 19.9 Å². The van der Waals surface area contributed by atoms with E-state index in [9.17, 15) is 0 Å². The lowest BCUT2D eigenvalue weighted by molar-refractivity contribution is 0.312. The first kappa shape index (κ1) is 11.3. The molecule has 0 radical (unpaired) electrons. The van der Waals surface area contributed by atoms with Gasteiger partial charge in [0.1, 0.15) is 0 Å². The van der Waals surface area contributed by atoms with Gasteiger partial charge in [0.15, 0.2) is 5.82 Å². The monoisotopic (exact) mass is 231 g/mol. The smallest absolute Gasteiger partial charge is 0.321 e. The third kappa shape index (κ3) is 2.66. The number of aromatic nitrogens is 4. The summed E-state index contributed by atoms with van der Waals surface area (Å²) in [6.07, 6.45) is 1.70. The van der Waals surface area contributed by atoms with Crippen molar-refractivity contribution in [2.45, 2.75) is 13.8 Å². The van der Waals surface area contributed by atoms with Crippen LogP contribution in [0, 0.1) is 6.92 Å². The molecule has 6 heteroatoms. The fourth-order valence-corrected chi connectivity index (χ4v) is 1.38. The average Bonchev–Trinajstić information content (AvgIpc) is 2.28. The van der Waals surface area contributed by atoms with E-state index in [1.807, 2.05) is 26.0 Å². The lowest BCUT2D eigenvalue weighted by atomic mass is 10.2. The highest BCUT2D eigenvalue weighted by molar-refractivity contribution is 5.56. The zero-order valence-corrected chi connectivity index (χ0v) is 9.71. The zero-order valence-electron chi connectivity index (χ0n) is 9.71. The predicted molar refractivity (Wildman–Crippen MR) is 63.4 cm³/mol. The maximum Gasteiger partial charge on any atom is 0.321 e. The van der Waals surface area contributed by atoms with Crippen LogP contribution in [0.4, 0.5) is 5.95 Å². The van der Waals surface area contributed by atoms with Gasteiger partial charge in [0.05, 0.1) is 6.61 Å². The van der Waals surface area contributed by atoms with Crippen LogP contribution in [-0.4, -0.2) is 26.5 Å².